The SMILES string of the molecule is CCOc1cc(I)ccc1CCCBr. The summed E-state index contributed by atoms with van der Waals surface area (Å²) in [6.45, 7) is 2.76. The van der Waals surface area contributed by atoms with Gasteiger partial charge in [-0.05, 0) is 60.1 Å². The smallest absolute Gasteiger partial charge is 0.123 e. The summed E-state index contributed by atoms with van der Waals surface area (Å²) in [6, 6.07) is 6.40. The van der Waals surface area contributed by atoms with Gasteiger partial charge in [0.05, 0.1) is 6.61 Å². The van der Waals surface area contributed by atoms with E-state index < -0.39 is 0 Å². The van der Waals surface area contributed by atoms with E-state index in [1.807, 2.05) is 6.92 Å². The maximum atomic E-state index is 5.59. The Balaban J connectivity index is 2.78. The molecule has 0 aromatic heterocycles. The van der Waals surface area contributed by atoms with E-state index in [0.29, 0.717) is 0 Å². The summed E-state index contributed by atoms with van der Waals surface area (Å²) in [7, 11) is 0. The molecule has 0 fully saturated rings. The molecule has 0 saturated heterocycles. The van der Waals surface area contributed by atoms with Gasteiger partial charge in [-0.1, -0.05) is 22.0 Å². The molecule has 0 aliphatic carbocycles. The summed E-state index contributed by atoms with van der Waals surface area (Å²) < 4.78 is 6.82. The Morgan fingerprint density at radius 3 is 2.86 bits per heavy atom. The van der Waals surface area contributed by atoms with Crippen molar-refractivity contribution >= 4 is 38.5 Å². The summed E-state index contributed by atoms with van der Waals surface area (Å²) in [6.07, 6.45) is 2.23. The predicted octanol–water partition coefficient (Wildman–Crippen LogP) is 4.02. The van der Waals surface area contributed by atoms with E-state index in [1.165, 1.54) is 9.13 Å². The molecule has 78 valence electrons. The average Bonchev–Trinajstić information content (AvgIpc) is 2.17. The lowest BCUT2D eigenvalue weighted by molar-refractivity contribution is 0.336. The van der Waals surface area contributed by atoms with Crippen molar-refractivity contribution in [2.24, 2.45) is 0 Å². The number of hydrogen-bond donors (Lipinski definition) is 0. The molecular formula is C11H14BrIO. The fourth-order valence-electron chi connectivity index (χ4n) is 1.28. The molecule has 0 heterocycles. The van der Waals surface area contributed by atoms with Crippen molar-refractivity contribution < 1.29 is 4.74 Å². The van der Waals surface area contributed by atoms with E-state index in [9.17, 15) is 0 Å². The summed E-state index contributed by atoms with van der Waals surface area (Å²) in [4.78, 5) is 0. The standard InChI is InChI=1S/C11H14BrIO/c1-2-14-11-8-10(13)6-5-9(11)4-3-7-12/h5-6,8H,2-4,7H2,1H3. The highest BCUT2D eigenvalue weighted by Gasteiger charge is 2.03. The van der Waals surface area contributed by atoms with Crippen LogP contribution in [0.3, 0.4) is 0 Å². The fourth-order valence-corrected chi connectivity index (χ4v) is 2.03. The van der Waals surface area contributed by atoms with E-state index in [2.05, 4.69) is 56.7 Å². The highest BCUT2D eigenvalue weighted by Crippen LogP contribution is 2.23. The topological polar surface area (TPSA) is 9.23 Å². The number of aryl methyl sites for hydroxylation is 1. The first kappa shape index (κ1) is 12.3. The Morgan fingerprint density at radius 1 is 1.43 bits per heavy atom. The molecule has 1 nitrogen and oxygen atoms in total. The largest absolute Gasteiger partial charge is 0.494 e. The maximum Gasteiger partial charge on any atom is 0.123 e. The van der Waals surface area contributed by atoms with Crippen LogP contribution in [0.4, 0.5) is 0 Å². The van der Waals surface area contributed by atoms with Crippen LogP contribution in [-0.2, 0) is 6.42 Å². The Bertz CT molecular complexity index is 289. The quantitative estimate of drug-likeness (QED) is 0.563. The Morgan fingerprint density at radius 2 is 2.21 bits per heavy atom. The van der Waals surface area contributed by atoms with Crippen molar-refractivity contribution in [3.63, 3.8) is 0 Å². The van der Waals surface area contributed by atoms with Crippen LogP contribution >= 0.6 is 38.5 Å². The molecule has 14 heavy (non-hydrogen) atoms. The second-order valence-electron chi connectivity index (χ2n) is 2.98. The number of hydrogen-bond acceptors (Lipinski definition) is 1. The number of halogens is 2. The van der Waals surface area contributed by atoms with E-state index in [4.69, 9.17) is 4.74 Å². The van der Waals surface area contributed by atoms with Gasteiger partial charge in [-0.25, -0.2) is 0 Å². The Kier molecular flexibility index (Phi) is 5.86. The Hall–Kier alpha value is 0.230. The molecular weight excluding hydrogens is 355 g/mol. The highest BCUT2D eigenvalue weighted by molar-refractivity contribution is 14.1. The summed E-state index contributed by atoms with van der Waals surface area (Å²) in [5, 5.41) is 1.05. The van der Waals surface area contributed by atoms with Crippen molar-refractivity contribution in [3.8, 4) is 5.75 Å². The molecule has 3 heteroatoms. The van der Waals surface area contributed by atoms with Gasteiger partial charge in [0.25, 0.3) is 0 Å². The van der Waals surface area contributed by atoms with Gasteiger partial charge in [0.2, 0.25) is 0 Å². The summed E-state index contributed by atoms with van der Waals surface area (Å²) in [5.41, 5.74) is 1.31. The van der Waals surface area contributed by atoms with Crippen LogP contribution in [-0.4, -0.2) is 11.9 Å². The van der Waals surface area contributed by atoms with Gasteiger partial charge in [-0.3, -0.25) is 0 Å². The Labute approximate surface area is 107 Å². The molecule has 0 amide bonds. The predicted molar refractivity (Wildman–Crippen MR) is 72.4 cm³/mol. The van der Waals surface area contributed by atoms with E-state index in [-0.39, 0.29) is 0 Å². The maximum absolute atomic E-state index is 5.59. The van der Waals surface area contributed by atoms with Crippen molar-refractivity contribution in [1.29, 1.82) is 0 Å². The van der Waals surface area contributed by atoms with Crippen molar-refractivity contribution in [3.05, 3.63) is 27.3 Å². The van der Waals surface area contributed by atoms with Crippen LogP contribution in [0.25, 0.3) is 0 Å². The molecule has 0 aliphatic rings. The van der Waals surface area contributed by atoms with Crippen molar-refractivity contribution in [2.45, 2.75) is 19.8 Å². The summed E-state index contributed by atoms with van der Waals surface area (Å²) in [5.74, 6) is 1.04. The van der Waals surface area contributed by atoms with Crippen LogP contribution in [0.1, 0.15) is 18.9 Å². The zero-order valence-corrected chi connectivity index (χ0v) is 12.0. The van der Waals surface area contributed by atoms with Crippen molar-refractivity contribution in [2.75, 3.05) is 11.9 Å². The average molecular weight is 369 g/mol. The lowest BCUT2D eigenvalue weighted by atomic mass is 10.1. The normalized spacial score (nSPS) is 10.2. The van der Waals surface area contributed by atoms with Gasteiger partial charge in [-0.2, -0.15) is 0 Å². The third-order valence-electron chi connectivity index (χ3n) is 1.91. The minimum atomic E-state index is 0.738. The molecule has 1 aromatic rings. The third-order valence-corrected chi connectivity index (χ3v) is 3.14. The number of benzene rings is 1. The molecule has 0 aliphatic heterocycles. The van der Waals surface area contributed by atoms with E-state index in [0.717, 1.165) is 30.5 Å². The van der Waals surface area contributed by atoms with Gasteiger partial charge in [0, 0.05) is 8.90 Å². The number of rotatable bonds is 5. The van der Waals surface area contributed by atoms with Gasteiger partial charge < -0.3 is 4.74 Å². The van der Waals surface area contributed by atoms with Gasteiger partial charge >= 0.3 is 0 Å². The zero-order valence-electron chi connectivity index (χ0n) is 8.22. The molecule has 0 atom stereocenters. The number of ether oxygens (including phenoxy) is 1. The highest BCUT2D eigenvalue weighted by atomic mass is 127. The molecule has 0 unspecified atom stereocenters. The van der Waals surface area contributed by atoms with Gasteiger partial charge in [0.1, 0.15) is 5.75 Å². The molecule has 1 rings (SSSR count). The molecule has 0 bridgehead atoms. The van der Waals surface area contributed by atoms with Crippen LogP contribution in [0.15, 0.2) is 18.2 Å². The first-order chi connectivity index (χ1) is 6.77. The van der Waals surface area contributed by atoms with Crippen molar-refractivity contribution in [1.82, 2.24) is 0 Å². The molecule has 1 aromatic carbocycles. The second kappa shape index (κ2) is 6.67. The summed E-state index contributed by atoms with van der Waals surface area (Å²) >= 11 is 5.75. The minimum Gasteiger partial charge on any atom is -0.494 e. The van der Waals surface area contributed by atoms with Crippen LogP contribution in [0, 0.1) is 3.57 Å². The first-order valence-corrected chi connectivity index (χ1v) is 6.95. The van der Waals surface area contributed by atoms with Crippen LogP contribution < -0.4 is 4.74 Å². The third kappa shape index (κ3) is 3.77. The minimum absolute atomic E-state index is 0.738. The lowest BCUT2D eigenvalue weighted by Gasteiger charge is -2.09. The first-order valence-electron chi connectivity index (χ1n) is 4.75. The van der Waals surface area contributed by atoms with Gasteiger partial charge in [-0.15, -0.1) is 0 Å². The lowest BCUT2D eigenvalue weighted by Crippen LogP contribution is -1.97. The molecule has 0 saturated carbocycles. The fraction of sp³-hybridized carbons (Fsp3) is 0.455. The van der Waals surface area contributed by atoms with Gasteiger partial charge in [0.15, 0.2) is 0 Å². The molecule has 0 N–H and O–H groups in total. The number of alkyl halides is 1. The zero-order chi connectivity index (χ0) is 10.4. The van der Waals surface area contributed by atoms with E-state index >= 15 is 0 Å². The van der Waals surface area contributed by atoms with Crippen LogP contribution in [0.2, 0.25) is 0 Å². The monoisotopic (exact) mass is 368 g/mol. The molecule has 0 radical (unpaired) electrons. The van der Waals surface area contributed by atoms with Crippen LogP contribution in [0.5, 0.6) is 5.75 Å². The second-order valence-corrected chi connectivity index (χ2v) is 5.02. The van der Waals surface area contributed by atoms with E-state index in [1.54, 1.807) is 0 Å². The molecule has 0 spiro atoms.